The number of hydrogen-bond acceptors (Lipinski definition) is 5. The van der Waals surface area contributed by atoms with E-state index in [-0.39, 0.29) is 17.3 Å². The van der Waals surface area contributed by atoms with Crippen molar-refractivity contribution in [1.82, 2.24) is 15.1 Å². The van der Waals surface area contributed by atoms with Gasteiger partial charge in [-0.1, -0.05) is 5.16 Å². The number of nitrogens with one attached hydrogen (secondary N) is 1. The molecule has 2 aromatic rings. The standard InChI is InChI=1S/C10H8F3N3O3/c1-5-2-6(18-4-10(11,12)13)3-7(14-5)8-15-9(17)19-16-8/h2-3H,4H2,1H3,(H,15,16,17). The van der Waals surface area contributed by atoms with Crippen molar-refractivity contribution in [1.29, 1.82) is 0 Å². The van der Waals surface area contributed by atoms with Crippen LogP contribution in [0.3, 0.4) is 0 Å². The van der Waals surface area contributed by atoms with Crippen LogP contribution in [0.25, 0.3) is 11.5 Å². The Bertz CT molecular complexity index is 633. The van der Waals surface area contributed by atoms with Crippen LogP contribution in [0.15, 0.2) is 21.5 Å². The number of ether oxygens (including phenoxy) is 1. The van der Waals surface area contributed by atoms with E-state index in [2.05, 4.69) is 24.4 Å². The molecule has 0 aliphatic rings. The lowest BCUT2D eigenvalue weighted by Crippen LogP contribution is -2.19. The third-order valence-corrected chi connectivity index (χ3v) is 2.01. The molecule has 1 N–H and O–H groups in total. The average molecular weight is 275 g/mol. The molecule has 0 radical (unpaired) electrons. The highest BCUT2D eigenvalue weighted by molar-refractivity contribution is 5.51. The number of nitrogens with zero attached hydrogens (tertiary/aromatic N) is 2. The van der Waals surface area contributed by atoms with Gasteiger partial charge in [-0.05, 0) is 6.92 Å². The number of H-pyrrole nitrogens is 1. The second-order valence-electron chi connectivity index (χ2n) is 3.68. The minimum atomic E-state index is -4.43. The van der Waals surface area contributed by atoms with E-state index < -0.39 is 18.5 Å². The van der Waals surface area contributed by atoms with Crippen LogP contribution in [0, 0.1) is 6.92 Å². The van der Waals surface area contributed by atoms with Crippen LogP contribution in [0.2, 0.25) is 0 Å². The van der Waals surface area contributed by atoms with Gasteiger partial charge in [0.1, 0.15) is 11.4 Å². The highest BCUT2D eigenvalue weighted by Gasteiger charge is 2.28. The second kappa shape index (κ2) is 4.75. The first-order valence-electron chi connectivity index (χ1n) is 5.08. The molecule has 0 atom stereocenters. The lowest BCUT2D eigenvalue weighted by atomic mass is 10.3. The highest BCUT2D eigenvalue weighted by atomic mass is 19.4. The molecule has 0 fully saturated rings. The first-order valence-corrected chi connectivity index (χ1v) is 5.08. The van der Waals surface area contributed by atoms with Gasteiger partial charge in [0.25, 0.3) is 0 Å². The third-order valence-electron chi connectivity index (χ3n) is 2.01. The molecular weight excluding hydrogens is 267 g/mol. The number of hydrogen-bond donors (Lipinski definition) is 1. The molecule has 19 heavy (non-hydrogen) atoms. The zero-order valence-corrected chi connectivity index (χ0v) is 9.61. The van der Waals surface area contributed by atoms with Crippen LogP contribution in [0.4, 0.5) is 13.2 Å². The molecule has 0 saturated carbocycles. The molecule has 0 aromatic carbocycles. The van der Waals surface area contributed by atoms with Crippen LogP contribution < -0.4 is 10.5 Å². The molecular formula is C10H8F3N3O3. The summed E-state index contributed by atoms with van der Waals surface area (Å²) in [6.45, 7) is 0.160. The third kappa shape index (κ3) is 3.57. The molecule has 0 aliphatic heterocycles. The van der Waals surface area contributed by atoms with Gasteiger partial charge in [-0.3, -0.25) is 9.51 Å². The molecule has 102 valence electrons. The van der Waals surface area contributed by atoms with Crippen LogP contribution in [0.5, 0.6) is 5.75 Å². The largest absolute Gasteiger partial charge is 0.484 e. The van der Waals surface area contributed by atoms with E-state index in [4.69, 9.17) is 0 Å². The zero-order chi connectivity index (χ0) is 14.0. The van der Waals surface area contributed by atoms with E-state index in [0.29, 0.717) is 5.69 Å². The van der Waals surface area contributed by atoms with Crippen molar-refractivity contribution in [3.63, 3.8) is 0 Å². The second-order valence-corrected chi connectivity index (χ2v) is 3.68. The zero-order valence-electron chi connectivity index (χ0n) is 9.61. The Morgan fingerprint density at radius 1 is 1.42 bits per heavy atom. The summed E-state index contributed by atoms with van der Waals surface area (Å²) in [6, 6.07) is 2.57. The molecule has 0 aliphatic carbocycles. The van der Waals surface area contributed by atoms with Gasteiger partial charge in [-0.25, -0.2) is 9.78 Å². The van der Waals surface area contributed by atoms with Gasteiger partial charge in [0, 0.05) is 17.8 Å². The lowest BCUT2D eigenvalue weighted by molar-refractivity contribution is -0.153. The van der Waals surface area contributed by atoms with E-state index in [1.54, 1.807) is 6.92 Å². The first kappa shape index (κ1) is 13.1. The van der Waals surface area contributed by atoms with Gasteiger partial charge in [0.2, 0.25) is 5.82 Å². The Hall–Kier alpha value is -2.32. The van der Waals surface area contributed by atoms with E-state index in [0.717, 1.165) is 0 Å². The highest BCUT2D eigenvalue weighted by Crippen LogP contribution is 2.22. The summed E-state index contributed by atoms with van der Waals surface area (Å²) in [4.78, 5) is 17.1. The normalized spacial score (nSPS) is 11.6. The Morgan fingerprint density at radius 2 is 2.16 bits per heavy atom. The Balaban J connectivity index is 2.27. The first-order chi connectivity index (χ1) is 8.83. The molecule has 2 heterocycles. The summed E-state index contributed by atoms with van der Waals surface area (Å²) in [5.41, 5.74) is 0.571. The molecule has 0 unspecified atom stereocenters. The van der Waals surface area contributed by atoms with E-state index in [9.17, 15) is 18.0 Å². The number of alkyl halides is 3. The maximum Gasteiger partial charge on any atom is 0.439 e. The SMILES string of the molecule is Cc1cc(OCC(F)(F)F)cc(-c2noc(=O)[nH]2)n1. The van der Waals surface area contributed by atoms with Gasteiger partial charge in [0.05, 0.1) is 0 Å². The molecule has 0 bridgehead atoms. The maximum atomic E-state index is 12.1. The molecule has 2 aromatic heterocycles. The molecule has 9 heteroatoms. The quantitative estimate of drug-likeness (QED) is 0.921. The number of halogens is 3. The summed E-state index contributed by atoms with van der Waals surface area (Å²) in [7, 11) is 0. The maximum absolute atomic E-state index is 12.1. The molecule has 0 spiro atoms. The minimum absolute atomic E-state index is 0.0190. The average Bonchev–Trinajstić information content (AvgIpc) is 2.72. The number of aromatic amines is 1. The fourth-order valence-electron chi connectivity index (χ4n) is 1.35. The topological polar surface area (TPSA) is 81.0 Å². The number of pyridine rings is 1. The monoisotopic (exact) mass is 275 g/mol. The van der Waals surface area contributed by atoms with Crippen molar-refractivity contribution in [3.05, 3.63) is 28.4 Å². The van der Waals surface area contributed by atoms with Crippen molar-refractivity contribution in [2.24, 2.45) is 0 Å². The minimum Gasteiger partial charge on any atom is -0.484 e. The van der Waals surface area contributed by atoms with Crippen molar-refractivity contribution >= 4 is 0 Å². The summed E-state index contributed by atoms with van der Waals surface area (Å²) in [6.07, 6.45) is -4.43. The van der Waals surface area contributed by atoms with Gasteiger partial charge < -0.3 is 4.74 Å². The Labute approximate surface area is 104 Å². The summed E-state index contributed by atoms with van der Waals surface area (Å²) in [5, 5.41) is 3.39. The van der Waals surface area contributed by atoms with Crippen LogP contribution in [0.1, 0.15) is 5.69 Å². The number of rotatable bonds is 3. The van der Waals surface area contributed by atoms with E-state index in [1.165, 1.54) is 12.1 Å². The predicted octanol–water partition coefficient (Wildman–Crippen LogP) is 1.67. The fraction of sp³-hybridized carbons (Fsp3) is 0.300. The molecule has 2 rings (SSSR count). The van der Waals surface area contributed by atoms with Crippen molar-refractivity contribution in [2.45, 2.75) is 13.1 Å². The van der Waals surface area contributed by atoms with Crippen LogP contribution >= 0.6 is 0 Å². The van der Waals surface area contributed by atoms with E-state index >= 15 is 0 Å². The number of aryl methyl sites for hydroxylation is 1. The van der Waals surface area contributed by atoms with Crippen molar-refractivity contribution < 1.29 is 22.4 Å². The summed E-state index contributed by atoms with van der Waals surface area (Å²) < 4.78 is 45.1. The van der Waals surface area contributed by atoms with Crippen LogP contribution in [-0.4, -0.2) is 27.9 Å². The van der Waals surface area contributed by atoms with Gasteiger partial charge in [-0.2, -0.15) is 13.2 Å². The predicted molar refractivity (Wildman–Crippen MR) is 56.6 cm³/mol. The van der Waals surface area contributed by atoms with Gasteiger partial charge in [0.15, 0.2) is 6.61 Å². The smallest absolute Gasteiger partial charge is 0.439 e. The molecule has 0 amide bonds. The summed E-state index contributed by atoms with van der Waals surface area (Å²) >= 11 is 0. The number of aromatic nitrogens is 3. The Morgan fingerprint density at radius 3 is 2.74 bits per heavy atom. The molecule has 6 nitrogen and oxygen atoms in total. The van der Waals surface area contributed by atoms with Crippen molar-refractivity contribution in [2.75, 3.05) is 6.61 Å². The van der Waals surface area contributed by atoms with Gasteiger partial charge in [-0.15, -0.1) is 0 Å². The van der Waals surface area contributed by atoms with Crippen LogP contribution in [-0.2, 0) is 0 Å². The summed E-state index contributed by atoms with van der Waals surface area (Å²) in [5.74, 6) is -0.787. The van der Waals surface area contributed by atoms with E-state index in [1.807, 2.05) is 0 Å². The fourth-order valence-corrected chi connectivity index (χ4v) is 1.35. The lowest BCUT2D eigenvalue weighted by Gasteiger charge is -2.10. The van der Waals surface area contributed by atoms with Crippen molar-refractivity contribution in [3.8, 4) is 17.3 Å². The molecule has 0 saturated heterocycles. The Kier molecular flexibility index (Phi) is 3.28. The van der Waals surface area contributed by atoms with Gasteiger partial charge >= 0.3 is 11.9 Å².